The van der Waals surface area contributed by atoms with E-state index in [1.807, 2.05) is 25.3 Å². The lowest BCUT2D eigenvalue weighted by Gasteiger charge is -2.22. The Morgan fingerprint density at radius 2 is 2.17 bits per heavy atom. The number of ether oxygens (including phenoxy) is 1. The number of hydrogen-bond donors (Lipinski definition) is 0. The first kappa shape index (κ1) is 15.4. The molecule has 6 nitrogen and oxygen atoms in total. The van der Waals surface area contributed by atoms with Crippen molar-refractivity contribution in [3.05, 3.63) is 36.2 Å². The zero-order valence-corrected chi connectivity index (χ0v) is 14.1. The van der Waals surface area contributed by atoms with Gasteiger partial charge in [0.15, 0.2) is 17.5 Å². The first-order chi connectivity index (χ1) is 11.8. The van der Waals surface area contributed by atoms with Gasteiger partial charge in [0.25, 0.3) is 0 Å². The molecule has 0 amide bonds. The molecule has 4 rings (SSSR count). The maximum Gasteiger partial charge on any atom is 0.191 e. The van der Waals surface area contributed by atoms with Crippen LogP contribution in [-0.4, -0.2) is 47.2 Å². The summed E-state index contributed by atoms with van der Waals surface area (Å²) in [5.41, 5.74) is 0.993. The van der Waals surface area contributed by atoms with Gasteiger partial charge in [0, 0.05) is 45.8 Å². The number of nitrogens with zero attached hydrogens (tertiary/aromatic N) is 4. The second-order valence-corrected chi connectivity index (χ2v) is 6.64. The Bertz CT molecular complexity index is 681. The second kappa shape index (κ2) is 6.81. The van der Waals surface area contributed by atoms with Gasteiger partial charge in [-0.25, -0.2) is 9.97 Å². The molecule has 1 unspecified atom stereocenters. The molecule has 2 fully saturated rings. The van der Waals surface area contributed by atoms with Crippen LogP contribution in [-0.2, 0) is 6.54 Å². The number of oxazole rings is 1. The first-order valence-corrected chi connectivity index (χ1v) is 8.78. The highest BCUT2D eigenvalue weighted by Gasteiger charge is 2.26. The van der Waals surface area contributed by atoms with Crippen LogP contribution in [0.1, 0.15) is 30.8 Å². The molecule has 4 heterocycles. The highest BCUT2D eigenvalue weighted by Crippen LogP contribution is 2.30. The topological polar surface area (TPSA) is 54.6 Å². The van der Waals surface area contributed by atoms with Gasteiger partial charge in [-0.2, -0.15) is 0 Å². The molecule has 0 N–H and O–H groups in total. The summed E-state index contributed by atoms with van der Waals surface area (Å²) in [5.74, 6) is 2.65. The van der Waals surface area contributed by atoms with Crippen molar-refractivity contribution in [1.29, 1.82) is 0 Å². The van der Waals surface area contributed by atoms with E-state index in [1.54, 1.807) is 6.26 Å². The van der Waals surface area contributed by atoms with Crippen LogP contribution >= 0.6 is 0 Å². The molecule has 2 aromatic rings. The quantitative estimate of drug-likeness (QED) is 0.841. The number of rotatable bonds is 5. The molecule has 128 valence electrons. The average Bonchev–Trinajstić information content (AvgIpc) is 3.32. The van der Waals surface area contributed by atoms with Crippen LogP contribution in [0, 0.1) is 6.92 Å². The fraction of sp³-hybridized carbons (Fsp3) is 0.556. The maximum atomic E-state index is 6.30. The molecule has 0 spiro atoms. The lowest BCUT2D eigenvalue weighted by molar-refractivity contribution is 0.197. The largest absolute Gasteiger partial charge is 0.485 e. The Morgan fingerprint density at radius 3 is 2.96 bits per heavy atom. The van der Waals surface area contributed by atoms with E-state index in [4.69, 9.17) is 9.15 Å². The van der Waals surface area contributed by atoms with Crippen LogP contribution in [0.2, 0.25) is 0 Å². The van der Waals surface area contributed by atoms with Crippen LogP contribution in [0.4, 0.5) is 5.82 Å². The summed E-state index contributed by atoms with van der Waals surface area (Å²) in [5, 5.41) is 0. The monoisotopic (exact) mass is 328 g/mol. The molecule has 2 aromatic heterocycles. The Hall–Kier alpha value is -2.08. The zero-order chi connectivity index (χ0) is 16.4. The van der Waals surface area contributed by atoms with Crippen LogP contribution in [0.15, 0.2) is 29.0 Å². The molecule has 0 saturated carbocycles. The van der Waals surface area contributed by atoms with Crippen LogP contribution in [0.25, 0.3) is 0 Å². The summed E-state index contributed by atoms with van der Waals surface area (Å²) in [6, 6.07) is 4.00. The Kier molecular flexibility index (Phi) is 4.38. The molecule has 0 radical (unpaired) electrons. The second-order valence-electron chi connectivity index (χ2n) is 6.64. The van der Waals surface area contributed by atoms with Crippen molar-refractivity contribution < 1.29 is 9.15 Å². The van der Waals surface area contributed by atoms with E-state index in [0.29, 0.717) is 0 Å². The zero-order valence-electron chi connectivity index (χ0n) is 14.1. The highest BCUT2D eigenvalue weighted by atomic mass is 16.5. The van der Waals surface area contributed by atoms with Gasteiger partial charge in [0.1, 0.15) is 12.4 Å². The smallest absolute Gasteiger partial charge is 0.191 e. The number of likely N-dealkylation sites (tertiary alicyclic amines) is 1. The SMILES string of the molecule is Cc1nc(CN2CCC(Oc3cccnc3N3CCCC3)C2)co1. The van der Waals surface area contributed by atoms with E-state index in [-0.39, 0.29) is 6.10 Å². The normalized spacial score (nSPS) is 21.5. The third-order valence-electron chi connectivity index (χ3n) is 4.73. The Balaban J connectivity index is 1.38. The minimum atomic E-state index is 0.212. The summed E-state index contributed by atoms with van der Waals surface area (Å²) in [6.07, 6.45) is 7.33. The molecule has 0 bridgehead atoms. The van der Waals surface area contributed by atoms with Crippen LogP contribution in [0.3, 0.4) is 0 Å². The summed E-state index contributed by atoms with van der Waals surface area (Å²) < 4.78 is 11.6. The van der Waals surface area contributed by atoms with Gasteiger partial charge in [0.2, 0.25) is 0 Å². The summed E-state index contributed by atoms with van der Waals surface area (Å²) in [7, 11) is 0. The third kappa shape index (κ3) is 3.38. The number of pyridine rings is 1. The predicted octanol–water partition coefficient (Wildman–Crippen LogP) is 2.63. The van der Waals surface area contributed by atoms with Crippen molar-refractivity contribution in [2.75, 3.05) is 31.1 Å². The molecule has 2 saturated heterocycles. The van der Waals surface area contributed by atoms with E-state index in [9.17, 15) is 0 Å². The molecule has 2 aliphatic rings. The van der Waals surface area contributed by atoms with Crippen molar-refractivity contribution in [3.63, 3.8) is 0 Å². The first-order valence-electron chi connectivity index (χ1n) is 8.78. The van der Waals surface area contributed by atoms with E-state index in [1.165, 1.54) is 12.8 Å². The lowest BCUT2D eigenvalue weighted by Crippen LogP contribution is -2.26. The van der Waals surface area contributed by atoms with Gasteiger partial charge in [-0.15, -0.1) is 0 Å². The average molecular weight is 328 g/mol. The molecule has 6 heteroatoms. The van der Waals surface area contributed by atoms with E-state index >= 15 is 0 Å². The molecule has 2 aliphatic heterocycles. The van der Waals surface area contributed by atoms with Gasteiger partial charge >= 0.3 is 0 Å². The molecule has 24 heavy (non-hydrogen) atoms. The van der Waals surface area contributed by atoms with Crippen molar-refractivity contribution >= 4 is 5.82 Å². The van der Waals surface area contributed by atoms with Gasteiger partial charge in [-0.05, 0) is 31.4 Å². The molecule has 1 atom stereocenters. The third-order valence-corrected chi connectivity index (χ3v) is 4.73. The van der Waals surface area contributed by atoms with Crippen molar-refractivity contribution in [1.82, 2.24) is 14.9 Å². The maximum absolute atomic E-state index is 6.30. The van der Waals surface area contributed by atoms with Gasteiger partial charge < -0.3 is 14.1 Å². The number of hydrogen-bond acceptors (Lipinski definition) is 6. The summed E-state index contributed by atoms with van der Waals surface area (Å²) in [4.78, 5) is 13.6. The summed E-state index contributed by atoms with van der Waals surface area (Å²) >= 11 is 0. The van der Waals surface area contributed by atoms with E-state index in [2.05, 4.69) is 19.8 Å². The number of aromatic nitrogens is 2. The molecular formula is C18H24N4O2. The van der Waals surface area contributed by atoms with Gasteiger partial charge in [0.05, 0.1) is 5.69 Å². The minimum Gasteiger partial charge on any atom is -0.485 e. The Labute approximate surface area is 142 Å². The van der Waals surface area contributed by atoms with Crippen molar-refractivity contribution in [2.24, 2.45) is 0 Å². The minimum absolute atomic E-state index is 0.212. The van der Waals surface area contributed by atoms with Gasteiger partial charge in [-0.3, -0.25) is 4.90 Å². The fourth-order valence-electron chi connectivity index (χ4n) is 3.57. The standard InChI is InChI=1S/C18H24N4O2/c1-14-20-15(13-23-14)11-21-10-6-16(12-21)24-17-5-4-7-19-18(17)22-8-2-3-9-22/h4-5,7,13,16H,2-3,6,8-12H2,1H3. The number of anilines is 1. The van der Waals surface area contributed by atoms with E-state index < -0.39 is 0 Å². The van der Waals surface area contributed by atoms with E-state index in [0.717, 1.165) is 62.3 Å². The van der Waals surface area contributed by atoms with Crippen molar-refractivity contribution in [2.45, 2.75) is 38.8 Å². The molecule has 0 aliphatic carbocycles. The van der Waals surface area contributed by atoms with Gasteiger partial charge in [-0.1, -0.05) is 0 Å². The number of aryl methyl sites for hydroxylation is 1. The van der Waals surface area contributed by atoms with Crippen LogP contribution in [0.5, 0.6) is 5.75 Å². The Morgan fingerprint density at radius 1 is 1.29 bits per heavy atom. The highest BCUT2D eigenvalue weighted by molar-refractivity contribution is 5.52. The lowest BCUT2D eigenvalue weighted by atomic mass is 10.3. The molecular weight excluding hydrogens is 304 g/mol. The fourth-order valence-corrected chi connectivity index (χ4v) is 3.57. The van der Waals surface area contributed by atoms with Crippen molar-refractivity contribution in [3.8, 4) is 5.75 Å². The predicted molar refractivity (Wildman–Crippen MR) is 91.2 cm³/mol. The summed E-state index contributed by atoms with van der Waals surface area (Å²) in [6.45, 7) is 6.80. The van der Waals surface area contributed by atoms with Crippen LogP contribution < -0.4 is 9.64 Å². The molecule has 0 aromatic carbocycles.